The molecule has 0 aliphatic heterocycles. The number of benzene rings is 1. The second-order valence-corrected chi connectivity index (χ2v) is 7.69. The number of hydrogen-bond acceptors (Lipinski definition) is 3. The molecule has 19 heavy (non-hydrogen) atoms. The first kappa shape index (κ1) is 16.7. The van der Waals surface area contributed by atoms with E-state index in [1.54, 1.807) is 32.0 Å². The Morgan fingerprint density at radius 2 is 1.89 bits per heavy atom. The van der Waals surface area contributed by atoms with Gasteiger partial charge in [-0.05, 0) is 37.6 Å². The van der Waals surface area contributed by atoms with Gasteiger partial charge in [-0.1, -0.05) is 23.2 Å². The van der Waals surface area contributed by atoms with E-state index in [4.69, 9.17) is 23.2 Å². The maximum atomic E-state index is 11.2. The molecule has 1 aromatic rings. The molecule has 0 saturated heterocycles. The van der Waals surface area contributed by atoms with Crippen LogP contribution in [-0.2, 0) is 16.6 Å². The highest BCUT2D eigenvalue weighted by Gasteiger charge is 2.21. The molecule has 0 unspecified atom stereocenters. The Kier molecular flexibility index (Phi) is 5.65. The highest BCUT2D eigenvalue weighted by atomic mass is 35.5. The zero-order valence-electron chi connectivity index (χ0n) is 11.1. The van der Waals surface area contributed by atoms with E-state index in [0.29, 0.717) is 23.1 Å². The van der Waals surface area contributed by atoms with E-state index >= 15 is 0 Å². The molecule has 1 aromatic carbocycles. The van der Waals surface area contributed by atoms with Gasteiger partial charge in [0.25, 0.3) is 0 Å². The lowest BCUT2D eigenvalue weighted by Gasteiger charge is -2.25. The van der Waals surface area contributed by atoms with Crippen molar-refractivity contribution in [2.75, 3.05) is 12.8 Å². The molecule has 0 aliphatic rings. The van der Waals surface area contributed by atoms with Crippen molar-refractivity contribution < 1.29 is 8.42 Å². The first-order chi connectivity index (χ1) is 8.59. The standard InChI is InChI=1S/C12H18Cl2N2O2S/c1-12(2,16-19(3,17)18)8-15-7-9-6-10(13)4-5-11(9)14/h4-6,15-16H,7-8H2,1-3H3. The molecule has 0 spiro atoms. The molecule has 4 nitrogen and oxygen atoms in total. The Bertz CT molecular complexity index is 545. The molecule has 0 atom stereocenters. The van der Waals surface area contributed by atoms with Crippen LogP contribution in [0.15, 0.2) is 18.2 Å². The predicted molar refractivity (Wildman–Crippen MR) is 80.2 cm³/mol. The van der Waals surface area contributed by atoms with Gasteiger partial charge in [-0.3, -0.25) is 0 Å². The van der Waals surface area contributed by atoms with Gasteiger partial charge in [-0.15, -0.1) is 0 Å². The summed E-state index contributed by atoms with van der Waals surface area (Å²) >= 11 is 11.9. The van der Waals surface area contributed by atoms with Crippen LogP contribution in [0.3, 0.4) is 0 Å². The van der Waals surface area contributed by atoms with Gasteiger partial charge in [-0.2, -0.15) is 0 Å². The van der Waals surface area contributed by atoms with Crippen LogP contribution in [0.1, 0.15) is 19.4 Å². The van der Waals surface area contributed by atoms with Crippen LogP contribution in [0.4, 0.5) is 0 Å². The molecule has 0 radical (unpaired) electrons. The molecule has 0 saturated carbocycles. The number of nitrogens with one attached hydrogen (secondary N) is 2. The summed E-state index contributed by atoms with van der Waals surface area (Å²) in [7, 11) is -3.23. The summed E-state index contributed by atoms with van der Waals surface area (Å²) in [6.07, 6.45) is 1.14. The van der Waals surface area contributed by atoms with Crippen LogP contribution >= 0.6 is 23.2 Å². The number of hydrogen-bond donors (Lipinski definition) is 2. The van der Waals surface area contributed by atoms with Crippen LogP contribution < -0.4 is 10.0 Å². The summed E-state index contributed by atoms with van der Waals surface area (Å²) in [5, 5.41) is 4.41. The molecular formula is C12H18Cl2N2O2S. The lowest BCUT2D eigenvalue weighted by atomic mass is 10.1. The quantitative estimate of drug-likeness (QED) is 0.844. The van der Waals surface area contributed by atoms with E-state index in [0.717, 1.165) is 11.8 Å². The molecular weight excluding hydrogens is 307 g/mol. The van der Waals surface area contributed by atoms with Crippen molar-refractivity contribution in [3.05, 3.63) is 33.8 Å². The summed E-state index contributed by atoms with van der Waals surface area (Å²) in [6.45, 7) is 4.61. The van der Waals surface area contributed by atoms with Crippen molar-refractivity contribution in [1.29, 1.82) is 0 Å². The van der Waals surface area contributed by atoms with Crippen molar-refractivity contribution in [3.63, 3.8) is 0 Å². The third-order valence-corrected chi connectivity index (χ3v) is 3.88. The largest absolute Gasteiger partial charge is 0.311 e. The van der Waals surface area contributed by atoms with E-state index in [1.165, 1.54) is 0 Å². The predicted octanol–water partition coefficient (Wildman–Crippen LogP) is 2.41. The van der Waals surface area contributed by atoms with Gasteiger partial charge in [0.1, 0.15) is 0 Å². The first-order valence-corrected chi connectivity index (χ1v) is 8.37. The molecule has 0 heterocycles. The second-order valence-electron chi connectivity index (χ2n) is 5.10. The van der Waals surface area contributed by atoms with Gasteiger partial charge < -0.3 is 5.32 Å². The second kappa shape index (κ2) is 6.41. The van der Waals surface area contributed by atoms with Crippen molar-refractivity contribution >= 4 is 33.2 Å². The number of halogens is 2. The van der Waals surface area contributed by atoms with Crippen molar-refractivity contribution in [2.24, 2.45) is 0 Å². The van der Waals surface area contributed by atoms with Crippen molar-refractivity contribution in [1.82, 2.24) is 10.0 Å². The highest BCUT2D eigenvalue weighted by Crippen LogP contribution is 2.20. The lowest BCUT2D eigenvalue weighted by molar-refractivity contribution is 0.421. The maximum absolute atomic E-state index is 11.2. The summed E-state index contributed by atoms with van der Waals surface area (Å²) in [5.41, 5.74) is 0.308. The van der Waals surface area contributed by atoms with E-state index in [9.17, 15) is 8.42 Å². The van der Waals surface area contributed by atoms with E-state index < -0.39 is 15.6 Å². The fourth-order valence-electron chi connectivity index (χ4n) is 1.73. The fraction of sp³-hybridized carbons (Fsp3) is 0.500. The Hall–Kier alpha value is -0.330. The third kappa shape index (κ3) is 6.58. The SMILES string of the molecule is CC(C)(CNCc1cc(Cl)ccc1Cl)NS(C)(=O)=O. The summed E-state index contributed by atoms with van der Waals surface area (Å²) < 4.78 is 25.0. The van der Waals surface area contributed by atoms with Crippen LogP contribution in [0.25, 0.3) is 0 Å². The zero-order valence-corrected chi connectivity index (χ0v) is 13.5. The van der Waals surface area contributed by atoms with Crippen LogP contribution in [0, 0.1) is 0 Å². The topological polar surface area (TPSA) is 58.2 Å². The highest BCUT2D eigenvalue weighted by molar-refractivity contribution is 7.88. The minimum absolute atomic E-state index is 0.475. The van der Waals surface area contributed by atoms with Gasteiger partial charge in [0.2, 0.25) is 10.0 Å². The third-order valence-electron chi connectivity index (χ3n) is 2.35. The molecule has 0 bridgehead atoms. The molecule has 7 heteroatoms. The van der Waals surface area contributed by atoms with Gasteiger partial charge >= 0.3 is 0 Å². The molecule has 0 amide bonds. The average Bonchev–Trinajstić information content (AvgIpc) is 2.19. The van der Waals surface area contributed by atoms with Crippen molar-refractivity contribution in [3.8, 4) is 0 Å². The van der Waals surface area contributed by atoms with E-state index in [2.05, 4.69) is 10.0 Å². The van der Waals surface area contributed by atoms with Gasteiger partial charge in [0.05, 0.1) is 6.26 Å². The fourth-order valence-corrected chi connectivity index (χ4v) is 3.18. The molecule has 0 aliphatic carbocycles. The monoisotopic (exact) mass is 324 g/mol. The molecule has 0 aromatic heterocycles. The number of rotatable bonds is 6. The molecule has 1 rings (SSSR count). The molecule has 108 valence electrons. The Balaban J connectivity index is 2.56. The maximum Gasteiger partial charge on any atom is 0.209 e. The summed E-state index contributed by atoms with van der Waals surface area (Å²) in [6, 6.07) is 5.25. The number of sulfonamides is 1. The Labute approximate surface area is 124 Å². The first-order valence-electron chi connectivity index (χ1n) is 5.73. The smallest absolute Gasteiger partial charge is 0.209 e. The minimum Gasteiger partial charge on any atom is -0.311 e. The van der Waals surface area contributed by atoms with E-state index in [-0.39, 0.29) is 0 Å². The van der Waals surface area contributed by atoms with Gasteiger partial charge in [0.15, 0.2) is 0 Å². The molecule has 2 N–H and O–H groups in total. The van der Waals surface area contributed by atoms with Crippen molar-refractivity contribution in [2.45, 2.75) is 25.9 Å². The average molecular weight is 325 g/mol. The van der Waals surface area contributed by atoms with Crippen LogP contribution in [0.5, 0.6) is 0 Å². The van der Waals surface area contributed by atoms with Gasteiger partial charge in [0, 0.05) is 28.7 Å². The summed E-state index contributed by atoms with van der Waals surface area (Å²) in [4.78, 5) is 0. The minimum atomic E-state index is -3.23. The Morgan fingerprint density at radius 1 is 1.26 bits per heavy atom. The zero-order chi connectivity index (χ0) is 14.7. The normalized spacial score (nSPS) is 12.7. The summed E-state index contributed by atoms with van der Waals surface area (Å²) in [5.74, 6) is 0. The lowest BCUT2D eigenvalue weighted by Crippen LogP contribution is -2.49. The van der Waals surface area contributed by atoms with Gasteiger partial charge in [-0.25, -0.2) is 13.1 Å². The van der Waals surface area contributed by atoms with E-state index in [1.807, 2.05) is 0 Å². The van der Waals surface area contributed by atoms with Crippen LogP contribution in [0.2, 0.25) is 10.0 Å². The Morgan fingerprint density at radius 3 is 2.47 bits per heavy atom. The van der Waals surface area contributed by atoms with Crippen LogP contribution in [-0.4, -0.2) is 26.8 Å². The molecule has 0 fully saturated rings.